The lowest BCUT2D eigenvalue weighted by Gasteiger charge is -2.24. The topological polar surface area (TPSA) is 70.2 Å². The number of anilines is 1. The van der Waals surface area contributed by atoms with Gasteiger partial charge in [0, 0.05) is 46.6 Å². The van der Waals surface area contributed by atoms with E-state index in [1.807, 2.05) is 63.2 Å². The Morgan fingerprint density at radius 2 is 2.00 bits per heavy atom. The Morgan fingerprint density at radius 1 is 1.16 bits per heavy atom. The average molecular weight is 519 g/mol. The fourth-order valence-electron chi connectivity index (χ4n) is 4.34. The monoisotopic (exact) mass is 518 g/mol. The summed E-state index contributed by atoms with van der Waals surface area (Å²) in [5.41, 5.74) is 5.62. The second-order valence-corrected chi connectivity index (χ2v) is 10.5. The number of aromatic amines is 1. The van der Waals surface area contributed by atoms with E-state index in [2.05, 4.69) is 15.3 Å². The van der Waals surface area contributed by atoms with Crippen LogP contribution in [0.4, 0.5) is 14.9 Å². The van der Waals surface area contributed by atoms with Crippen LogP contribution in [0, 0.1) is 5.82 Å². The highest BCUT2D eigenvalue weighted by Crippen LogP contribution is 2.36. The molecule has 1 amide bonds. The number of carbonyl (C=O) groups excluding carboxylic acids is 1. The molecule has 0 spiro atoms. The molecule has 0 radical (unpaired) electrons. The molecular weight excluding hydrogens is 491 g/mol. The molecule has 0 bridgehead atoms. The minimum atomic E-state index is -0.542. The van der Waals surface area contributed by atoms with Crippen LogP contribution in [0.5, 0.6) is 0 Å². The van der Waals surface area contributed by atoms with E-state index in [9.17, 15) is 9.18 Å². The van der Waals surface area contributed by atoms with Crippen LogP contribution in [0.1, 0.15) is 32.0 Å². The van der Waals surface area contributed by atoms with E-state index >= 15 is 0 Å². The van der Waals surface area contributed by atoms with Gasteiger partial charge < -0.3 is 19.9 Å². The second-order valence-electron chi connectivity index (χ2n) is 10.1. The van der Waals surface area contributed by atoms with Crippen LogP contribution in [0.25, 0.3) is 27.7 Å². The van der Waals surface area contributed by atoms with Gasteiger partial charge in [-0.3, -0.25) is 0 Å². The number of nitrogens with one attached hydrogen (secondary N) is 2. The predicted molar refractivity (Wildman–Crippen MR) is 146 cm³/mol. The van der Waals surface area contributed by atoms with Gasteiger partial charge in [-0.05, 0) is 79.9 Å². The van der Waals surface area contributed by atoms with Crippen molar-refractivity contribution in [3.8, 4) is 11.1 Å². The van der Waals surface area contributed by atoms with Gasteiger partial charge in [0.25, 0.3) is 0 Å². The molecule has 4 aromatic rings. The van der Waals surface area contributed by atoms with Crippen molar-refractivity contribution in [1.82, 2.24) is 14.9 Å². The molecule has 6 nitrogen and oxygen atoms in total. The zero-order chi connectivity index (χ0) is 26.2. The van der Waals surface area contributed by atoms with E-state index in [1.54, 1.807) is 17.2 Å². The molecule has 0 saturated heterocycles. The standard InChI is InChI=1S/C29H28ClFN4O2/c1-29(2,3)37-28(36)35-12-10-19(17-35)26-15-24-22(9-11-32-27(24)34-26)23-14-21(7-8-25(23)30)33-16-18-5-4-6-20(31)13-18/h4-11,13-15,33H,12,16-17H2,1-3H3,(H,32,34). The molecule has 3 heterocycles. The van der Waals surface area contributed by atoms with Crippen molar-refractivity contribution in [1.29, 1.82) is 0 Å². The highest BCUT2D eigenvalue weighted by Gasteiger charge is 2.26. The van der Waals surface area contributed by atoms with Crippen LogP contribution in [0.2, 0.25) is 5.02 Å². The van der Waals surface area contributed by atoms with Crippen LogP contribution in [-0.4, -0.2) is 39.7 Å². The summed E-state index contributed by atoms with van der Waals surface area (Å²) >= 11 is 6.63. The van der Waals surface area contributed by atoms with Gasteiger partial charge in [0.05, 0.1) is 6.54 Å². The maximum absolute atomic E-state index is 13.5. The predicted octanol–water partition coefficient (Wildman–Crippen LogP) is 7.27. The molecular formula is C29H28ClFN4O2. The highest BCUT2D eigenvalue weighted by atomic mass is 35.5. The molecule has 5 rings (SSSR count). The van der Waals surface area contributed by atoms with Gasteiger partial charge in [0.1, 0.15) is 17.1 Å². The number of H-pyrrole nitrogens is 1. The molecule has 2 aromatic carbocycles. The molecule has 8 heteroatoms. The first-order chi connectivity index (χ1) is 17.7. The summed E-state index contributed by atoms with van der Waals surface area (Å²) in [4.78, 5) is 22.1. The zero-order valence-corrected chi connectivity index (χ0v) is 21.7. The van der Waals surface area contributed by atoms with Gasteiger partial charge >= 0.3 is 6.09 Å². The number of pyridine rings is 1. The third-order valence-electron chi connectivity index (χ3n) is 6.09. The maximum atomic E-state index is 13.5. The van der Waals surface area contributed by atoms with E-state index < -0.39 is 5.60 Å². The van der Waals surface area contributed by atoms with Crippen LogP contribution < -0.4 is 5.32 Å². The number of fused-ring (bicyclic) bond motifs is 1. The Labute approximate surface area is 220 Å². The van der Waals surface area contributed by atoms with E-state index in [1.165, 1.54) is 12.1 Å². The minimum absolute atomic E-state index is 0.259. The quantitative estimate of drug-likeness (QED) is 0.291. The summed E-state index contributed by atoms with van der Waals surface area (Å²) in [6.07, 6.45) is 3.44. The SMILES string of the molecule is CC(C)(C)OC(=O)N1CC=C(c2cc3c(-c4cc(NCc5cccc(F)c5)ccc4Cl)ccnc3[nH]2)C1. The van der Waals surface area contributed by atoms with Crippen molar-refractivity contribution >= 4 is 40.0 Å². The molecule has 0 unspecified atom stereocenters. The number of hydrogen-bond donors (Lipinski definition) is 2. The number of nitrogens with zero attached hydrogens (tertiary/aromatic N) is 2. The molecule has 1 aliphatic rings. The summed E-state index contributed by atoms with van der Waals surface area (Å²) in [5.74, 6) is -0.259. The lowest BCUT2D eigenvalue weighted by Crippen LogP contribution is -2.35. The van der Waals surface area contributed by atoms with Gasteiger partial charge in [-0.25, -0.2) is 14.2 Å². The zero-order valence-electron chi connectivity index (χ0n) is 20.9. The normalized spacial score (nSPS) is 13.6. The van der Waals surface area contributed by atoms with Gasteiger partial charge in [0.2, 0.25) is 0 Å². The van der Waals surface area contributed by atoms with Crippen LogP contribution in [0.15, 0.2) is 66.9 Å². The largest absolute Gasteiger partial charge is 0.444 e. The molecule has 0 fully saturated rings. The second kappa shape index (κ2) is 9.90. The Balaban J connectivity index is 1.39. The molecule has 2 N–H and O–H groups in total. The van der Waals surface area contributed by atoms with E-state index in [0.717, 1.165) is 44.7 Å². The molecule has 1 aliphatic heterocycles. The number of halogens is 2. The number of aromatic nitrogens is 2. The third-order valence-corrected chi connectivity index (χ3v) is 6.42. The summed E-state index contributed by atoms with van der Waals surface area (Å²) in [6.45, 7) is 7.01. The fourth-order valence-corrected chi connectivity index (χ4v) is 4.56. The van der Waals surface area contributed by atoms with Gasteiger partial charge in [-0.2, -0.15) is 0 Å². The van der Waals surface area contributed by atoms with Gasteiger partial charge in [-0.15, -0.1) is 0 Å². The Morgan fingerprint density at radius 3 is 2.78 bits per heavy atom. The lowest BCUT2D eigenvalue weighted by atomic mass is 10.0. The molecule has 37 heavy (non-hydrogen) atoms. The Hall–Kier alpha value is -3.84. The van der Waals surface area contributed by atoms with Crippen molar-refractivity contribution in [2.45, 2.75) is 32.9 Å². The number of amides is 1. The number of hydrogen-bond acceptors (Lipinski definition) is 4. The van der Waals surface area contributed by atoms with Crippen LogP contribution >= 0.6 is 11.6 Å². The van der Waals surface area contributed by atoms with Crippen LogP contribution in [0.3, 0.4) is 0 Å². The van der Waals surface area contributed by atoms with Gasteiger partial charge in [0.15, 0.2) is 0 Å². The first-order valence-corrected chi connectivity index (χ1v) is 12.5. The highest BCUT2D eigenvalue weighted by molar-refractivity contribution is 6.33. The molecule has 0 aliphatic carbocycles. The number of benzene rings is 2. The summed E-state index contributed by atoms with van der Waals surface area (Å²) in [5, 5.41) is 4.89. The molecule has 190 valence electrons. The van der Waals surface area contributed by atoms with Crippen LogP contribution in [-0.2, 0) is 11.3 Å². The van der Waals surface area contributed by atoms with Crippen molar-refractivity contribution in [2.24, 2.45) is 0 Å². The number of carbonyl (C=O) groups is 1. The molecule has 0 atom stereocenters. The van der Waals surface area contributed by atoms with Gasteiger partial charge in [-0.1, -0.05) is 29.8 Å². The minimum Gasteiger partial charge on any atom is -0.444 e. The fraction of sp³-hybridized carbons (Fsp3) is 0.241. The Kier molecular flexibility index (Phi) is 6.65. The van der Waals surface area contributed by atoms with Crippen molar-refractivity contribution in [3.05, 3.63) is 89.0 Å². The summed E-state index contributed by atoms with van der Waals surface area (Å²) in [7, 11) is 0. The van der Waals surface area contributed by atoms with Crippen molar-refractivity contribution in [3.63, 3.8) is 0 Å². The average Bonchev–Trinajstić information content (AvgIpc) is 3.50. The van der Waals surface area contributed by atoms with Crippen molar-refractivity contribution in [2.75, 3.05) is 18.4 Å². The van der Waals surface area contributed by atoms with E-state index in [-0.39, 0.29) is 11.9 Å². The maximum Gasteiger partial charge on any atom is 0.410 e. The van der Waals surface area contributed by atoms with E-state index in [4.69, 9.17) is 16.3 Å². The first kappa shape index (κ1) is 24.8. The summed E-state index contributed by atoms with van der Waals surface area (Å²) in [6, 6.07) is 16.2. The summed E-state index contributed by atoms with van der Waals surface area (Å²) < 4.78 is 19.0. The smallest absolute Gasteiger partial charge is 0.410 e. The lowest BCUT2D eigenvalue weighted by molar-refractivity contribution is 0.0306. The first-order valence-electron chi connectivity index (χ1n) is 12.1. The van der Waals surface area contributed by atoms with Crippen molar-refractivity contribution < 1.29 is 13.9 Å². The number of rotatable bonds is 5. The third kappa shape index (κ3) is 5.62. The number of ether oxygens (including phenoxy) is 1. The molecule has 2 aromatic heterocycles. The molecule has 0 saturated carbocycles. The Bertz CT molecular complexity index is 1510. The van der Waals surface area contributed by atoms with E-state index in [0.29, 0.717) is 24.7 Å².